The highest BCUT2D eigenvalue weighted by Crippen LogP contribution is 2.27. The van der Waals surface area contributed by atoms with Crippen LogP contribution in [-0.4, -0.2) is 67.7 Å². The van der Waals surface area contributed by atoms with E-state index in [0.29, 0.717) is 48.5 Å². The van der Waals surface area contributed by atoms with Gasteiger partial charge in [0.1, 0.15) is 11.6 Å². The number of ether oxygens (including phenoxy) is 2. The van der Waals surface area contributed by atoms with Crippen LogP contribution in [0.1, 0.15) is 34.6 Å². The Balaban J connectivity index is 0.000000181. The molecule has 0 radical (unpaired) electrons. The molecule has 2 aromatic heterocycles. The van der Waals surface area contributed by atoms with E-state index in [2.05, 4.69) is 9.97 Å². The lowest BCUT2D eigenvalue weighted by Crippen LogP contribution is -2.05. The number of esters is 2. The number of carbonyl (C=O) groups is 2. The molecular formula is C36H36N4O6. The number of rotatable bonds is 10. The van der Waals surface area contributed by atoms with Crippen LogP contribution in [0.3, 0.4) is 0 Å². The summed E-state index contributed by atoms with van der Waals surface area (Å²) >= 11 is 0. The van der Waals surface area contributed by atoms with Crippen molar-refractivity contribution in [2.24, 2.45) is 0 Å². The third-order valence-corrected chi connectivity index (χ3v) is 7.23. The maximum Gasteiger partial charge on any atom is 0.338 e. The Bertz CT molecular complexity index is 1790. The summed E-state index contributed by atoms with van der Waals surface area (Å²) in [5, 5.41) is 18.7. The van der Waals surface area contributed by atoms with Crippen molar-refractivity contribution in [2.45, 2.75) is 26.9 Å². The summed E-state index contributed by atoms with van der Waals surface area (Å²) in [7, 11) is 0. The van der Waals surface area contributed by atoms with Crippen molar-refractivity contribution in [3.05, 3.63) is 108 Å². The molecule has 0 fully saturated rings. The zero-order chi connectivity index (χ0) is 32.5. The minimum Gasteiger partial charge on any atom is -0.462 e. The molecule has 10 heteroatoms. The lowest BCUT2D eigenvalue weighted by atomic mass is 10.2. The Labute approximate surface area is 266 Å². The van der Waals surface area contributed by atoms with Crippen LogP contribution in [0.5, 0.6) is 0 Å². The molecule has 2 heterocycles. The summed E-state index contributed by atoms with van der Waals surface area (Å²) in [4.78, 5) is 33.1. The number of aliphatic hydroxyl groups excluding tert-OH is 2. The van der Waals surface area contributed by atoms with E-state index in [1.807, 2.05) is 81.9 Å². The molecule has 236 valence electrons. The van der Waals surface area contributed by atoms with Crippen LogP contribution in [-0.2, 0) is 22.6 Å². The van der Waals surface area contributed by atoms with Gasteiger partial charge in [0, 0.05) is 24.2 Å². The minimum atomic E-state index is -0.354. The van der Waals surface area contributed by atoms with E-state index >= 15 is 0 Å². The van der Waals surface area contributed by atoms with Crippen molar-refractivity contribution in [3.63, 3.8) is 0 Å². The molecule has 2 N–H and O–H groups in total. The number of imidazole rings is 2. The Kier molecular flexibility index (Phi) is 10.5. The first kappa shape index (κ1) is 32.1. The topological polar surface area (TPSA) is 129 Å². The van der Waals surface area contributed by atoms with Crippen LogP contribution in [0.25, 0.3) is 44.8 Å². The Morgan fingerprint density at radius 1 is 0.609 bits per heavy atom. The fourth-order valence-corrected chi connectivity index (χ4v) is 5.21. The van der Waals surface area contributed by atoms with Crippen molar-refractivity contribution in [1.29, 1.82) is 0 Å². The second kappa shape index (κ2) is 15.1. The lowest BCUT2D eigenvalue weighted by Gasteiger charge is -2.07. The van der Waals surface area contributed by atoms with E-state index in [4.69, 9.17) is 9.47 Å². The van der Waals surface area contributed by atoms with Gasteiger partial charge in [-0.3, -0.25) is 0 Å². The van der Waals surface area contributed by atoms with Crippen LogP contribution in [0.15, 0.2) is 97.1 Å². The average molecular weight is 621 g/mol. The maximum atomic E-state index is 11.9. The summed E-state index contributed by atoms with van der Waals surface area (Å²) in [6.07, 6.45) is 0. The molecule has 0 unspecified atom stereocenters. The smallest absolute Gasteiger partial charge is 0.338 e. The van der Waals surface area contributed by atoms with Gasteiger partial charge in [0.05, 0.1) is 59.6 Å². The standard InChI is InChI=1S/2C18H18N2O3/c2*1-2-23-18(22)14-8-9-16-15(12-14)19-17(20(16)10-11-21)13-6-4-3-5-7-13/h2*3-9,12,21H,2,10-11H2,1H3. The molecule has 0 atom stereocenters. The average Bonchev–Trinajstić information content (AvgIpc) is 3.64. The van der Waals surface area contributed by atoms with Gasteiger partial charge in [-0.2, -0.15) is 0 Å². The molecule has 0 saturated carbocycles. The molecule has 0 amide bonds. The summed E-state index contributed by atoms with van der Waals surface area (Å²) in [5.74, 6) is 0.839. The van der Waals surface area contributed by atoms with Crippen LogP contribution in [0.4, 0.5) is 0 Å². The van der Waals surface area contributed by atoms with E-state index in [-0.39, 0.29) is 25.2 Å². The van der Waals surface area contributed by atoms with Gasteiger partial charge in [-0.05, 0) is 50.2 Å². The lowest BCUT2D eigenvalue weighted by molar-refractivity contribution is 0.0517. The van der Waals surface area contributed by atoms with Crippen LogP contribution < -0.4 is 0 Å². The van der Waals surface area contributed by atoms with Crippen molar-refractivity contribution < 1.29 is 29.3 Å². The number of aliphatic hydroxyl groups is 2. The van der Waals surface area contributed by atoms with Gasteiger partial charge in [0.2, 0.25) is 0 Å². The molecular weight excluding hydrogens is 584 g/mol. The first-order chi connectivity index (χ1) is 22.5. The molecule has 46 heavy (non-hydrogen) atoms. The first-order valence-electron chi connectivity index (χ1n) is 15.2. The normalized spacial score (nSPS) is 10.9. The molecule has 4 aromatic carbocycles. The number of benzene rings is 4. The number of hydrogen-bond acceptors (Lipinski definition) is 8. The summed E-state index contributed by atoms with van der Waals surface area (Å²) in [6.45, 7) is 5.16. The highest BCUT2D eigenvalue weighted by Gasteiger charge is 2.16. The SMILES string of the molecule is CCOC(=O)c1ccc2c(c1)nc(-c1ccccc1)n2CCO.CCOC(=O)c1ccc2c(c1)nc(-c1ccccc1)n2CCO. The third-order valence-electron chi connectivity index (χ3n) is 7.23. The second-order valence-electron chi connectivity index (χ2n) is 10.2. The monoisotopic (exact) mass is 620 g/mol. The molecule has 0 saturated heterocycles. The number of hydrogen-bond donors (Lipinski definition) is 2. The minimum absolute atomic E-state index is 0.0188. The number of nitrogens with zero attached hydrogens (tertiary/aromatic N) is 4. The van der Waals surface area contributed by atoms with E-state index in [9.17, 15) is 19.8 Å². The number of carbonyl (C=O) groups excluding carboxylic acids is 2. The molecule has 0 aliphatic rings. The summed E-state index contributed by atoms with van der Waals surface area (Å²) in [5.41, 5.74) is 6.08. The molecule has 0 bridgehead atoms. The maximum absolute atomic E-state index is 11.9. The fourth-order valence-electron chi connectivity index (χ4n) is 5.21. The fraction of sp³-hybridized carbons (Fsp3) is 0.222. The third kappa shape index (κ3) is 6.98. The Morgan fingerprint density at radius 3 is 1.35 bits per heavy atom. The molecule has 6 aromatic rings. The van der Waals surface area contributed by atoms with Crippen LogP contribution in [0.2, 0.25) is 0 Å². The summed E-state index contributed by atoms with van der Waals surface area (Å²) in [6, 6.07) is 30.2. The molecule has 6 rings (SSSR count). The number of fused-ring (bicyclic) bond motifs is 2. The van der Waals surface area contributed by atoms with Gasteiger partial charge in [0.25, 0.3) is 0 Å². The molecule has 10 nitrogen and oxygen atoms in total. The Hall–Kier alpha value is -5.32. The first-order valence-corrected chi connectivity index (χ1v) is 15.2. The van der Waals surface area contributed by atoms with Crippen molar-refractivity contribution in [2.75, 3.05) is 26.4 Å². The zero-order valence-corrected chi connectivity index (χ0v) is 25.8. The van der Waals surface area contributed by atoms with Gasteiger partial charge in [-0.25, -0.2) is 19.6 Å². The molecule has 0 spiro atoms. The van der Waals surface area contributed by atoms with Gasteiger partial charge in [-0.15, -0.1) is 0 Å². The quantitative estimate of drug-likeness (QED) is 0.186. The van der Waals surface area contributed by atoms with E-state index in [1.54, 1.807) is 38.1 Å². The van der Waals surface area contributed by atoms with E-state index in [1.165, 1.54) is 0 Å². The van der Waals surface area contributed by atoms with Crippen molar-refractivity contribution in [1.82, 2.24) is 19.1 Å². The van der Waals surface area contributed by atoms with Crippen LogP contribution >= 0.6 is 0 Å². The van der Waals surface area contributed by atoms with Gasteiger partial charge >= 0.3 is 11.9 Å². The largest absolute Gasteiger partial charge is 0.462 e. The highest BCUT2D eigenvalue weighted by molar-refractivity contribution is 5.95. The highest BCUT2D eigenvalue weighted by atomic mass is 16.5. The Morgan fingerprint density at radius 2 is 1.00 bits per heavy atom. The van der Waals surface area contributed by atoms with E-state index < -0.39 is 0 Å². The number of aromatic nitrogens is 4. The van der Waals surface area contributed by atoms with Crippen LogP contribution in [0, 0.1) is 0 Å². The molecule has 0 aliphatic carbocycles. The predicted octanol–water partition coefficient (Wildman–Crippen LogP) is 5.74. The van der Waals surface area contributed by atoms with Gasteiger partial charge in [0.15, 0.2) is 0 Å². The predicted molar refractivity (Wildman–Crippen MR) is 176 cm³/mol. The van der Waals surface area contributed by atoms with Crippen molar-refractivity contribution in [3.8, 4) is 22.8 Å². The van der Waals surface area contributed by atoms with E-state index in [0.717, 1.165) is 33.8 Å². The zero-order valence-electron chi connectivity index (χ0n) is 25.8. The summed E-state index contributed by atoms with van der Waals surface area (Å²) < 4.78 is 14.0. The van der Waals surface area contributed by atoms with Gasteiger partial charge < -0.3 is 28.8 Å². The second-order valence-corrected chi connectivity index (χ2v) is 10.2. The van der Waals surface area contributed by atoms with Crippen molar-refractivity contribution >= 4 is 34.0 Å². The molecule has 0 aliphatic heterocycles. The van der Waals surface area contributed by atoms with Gasteiger partial charge in [-0.1, -0.05) is 60.7 Å².